The molecule has 0 fully saturated rings. The molecule has 0 radical (unpaired) electrons. The van der Waals surface area contributed by atoms with Gasteiger partial charge in [-0.1, -0.05) is 12.1 Å². The molecular weight excluding hydrogens is 229 g/mol. The molecule has 1 aromatic carbocycles. The van der Waals surface area contributed by atoms with Crippen LogP contribution >= 0.6 is 0 Å². The van der Waals surface area contributed by atoms with Gasteiger partial charge in [-0.3, -0.25) is 0 Å². The molecule has 94 valence electrons. The van der Waals surface area contributed by atoms with Gasteiger partial charge in [0, 0.05) is 18.8 Å². The third kappa shape index (κ3) is 3.11. The summed E-state index contributed by atoms with van der Waals surface area (Å²) >= 11 is 0. The Morgan fingerprint density at radius 1 is 1.33 bits per heavy atom. The minimum absolute atomic E-state index is 0.0714. The summed E-state index contributed by atoms with van der Waals surface area (Å²) in [6, 6.07) is 9.13. The third-order valence-corrected chi connectivity index (χ3v) is 2.91. The molecule has 0 aliphatic heterocycles. The number of halogens is 1. The maximum Gasteiger partial charge on any atom is 0.126 e. The molecule has 3 nitrogen and oxygen atoms in total. The summed E-state index contributed by atoms with van der Waals surface area (Å²) in [4.78, 5) is 0. The Morgan fingerprint density at radius 3 is 2.83 bits per heavy atom. The predicted molar refractivity (Wildman–Crippen MR) is 68.4 cm³/mol. The van der Waals surface area contributed by atoms with Gasteiger partial charge in [-0.2, -0.15) is 10.2 Å². The van der Waals surface area contributed by atoms with Gasteiger partial charge in [0.15, 0.2) is 0 Å². The average Bonchev–Trinajstić information content (AvgIpc) is 2.40. The molecule has 0 aliphatic rings. The van der Waals surface area contributed by atoms with E-state index in [1.54, 1.807) is 25.3 Å². The van der Waals surface area contributed by atoms with Gasteiger partial charge in [-0.05, 0) is 43.2 Å². The minimum atomic E-state index is -0.166. The summed E-state index contributed by atoms with van der Waals surface area (Å²) < 4.78 is 13.5. The molecule has 0 bridgehead atoms. The van der Waals surface area contributed by atoms with Crippen molar-refractivity contribution in [2.24, 2.45) is 0 Å². The van der Waals surface area contributed by atoms with E-state index in [-0.39, 0.29) is 11.9 Å². The highest BCUT2D eigenvalue weighted by atomic mass is 19.1. The molecule has 0 aliphatic carbocycles. The molecular formula is C14H16FN3. The zero-order valence-corrected chi connectivity index (χ0v) is 10.5. The highest BCUT2D eigenvalue weighted by Gasteiger charge is 2.07. The lowest BCUT2D eigenvalue weighted by Gasteiger charge is -2.14. The topological polar surface area (TPSA) is 37.8 Å². The summed E-state index contributed by atoms with van der Waals surface area (Å²) in [5.74, 6) is -0.166. The summed E-state index contributed by atoms with van der Waals surface area (Å²) in [5, 5.41) is 11.1. The van der Waals surface area contributed by atoms with Gasteiger partial charge in [0.05, 0.1) is 5.69 Å². The number of nitrogens with zero attached hydrogens (tertiary/aromatic N) is 2. The summed E-state index contributed by atoms with van der Waals surface area (Å²) in [6.45, 7) is 4.38. The molecule has 1 unspecified atom stereocenters. The van der Waals surface area contributed by atoms with Crippen LogP contribution in [0.5, 0.6) is 0 Å². The molecule has 18 heavy (non-hydrogen) atoms. The summed E-state index contributed by atoms with van der Waals surface area (Å²) in [5.41, 5.74) is 2.47. The van der Waals surface area contributed by atoms with Gasteiger partial charge in [0.2, 0.25) is 0 Å². The Balaban J connectivity index is 1.99. The van der Waals surface area contributed by atoms with E-state index in [4.69, 9.17) is 0 Å². The SMILES string of the molecule is Cc1ccc(C(C)NCc2cccnn2)cc1F. The predicted octanol–water partition coefficient (Wildman–Crippen LogP) is 2.77. The van der Waals surface area contributed by atoms with Crippen molar-refractivity contribution in [3.63, 3.8) is 0 Å². The molecule has 0 spiro atoms. The number of hydrogen-bond acceptors (Lipinski definition) is 3. The molecule has 1 aromatic heterocycles. The fourth-order valence-electron chi connectivity index (χ4n) is 1.68. The van der Waals surface area contributed by atoms with Gasteiger partial charge in [0.25, 0.3) is 0 Å². The van der Waals surface area contributed by atoms with Crippen LogP contribution in [0.1, 0.15) is 29.8 Å². The van der Waals surface area contributed by atoms with Crippen molar-refractivity contribution in [2.45, 2.75) is 26.4 Å². The highest BCUT2D eigenvalue weighted by Crippen LogP contribution is 2.16. The Morgan fingerprint density at radius 2 is 2.17 bits per heavy atom. The van der Waals surface area contributed by atoms with Gasteiger partial charge in [0.1, 0.15) is 5.82 Å². The first kappa shape index (κ1) is 12.6. The van der Waals surface area contributed by atoms with Crippen LogP contribution in [0.4, 0.5) is 4.39 Å². The second kappa shape index (κ2) is 5.69. The summed E-state index contributed by atoms with van der Waals surface area (Å²) in [6.07, 6.45) is 1.64. The van der Waals surface area contributed by atoms with Gasteiger partial charge in [-0.15, -0.1) is 0 Å². The molecule has 0 saturated carbocycles. The van der Waals surface area contributed by atoms with Crippen LogP contribution in [0.3, 0.4) is 0 Å². The van der Waals surface area contributed by atoms with Crippen LogP contribution in [0.2, 0.25) is 0 Å². The van der Waals surface area contributed by atoms with Crippen molar-refractivity contribution in [1.29, 1.82) is 0 Å². The van der Waals surface area contributed by atoms with E-state index in [9.17, 15) is 4.39 Å². The van der Waals surface area contributed by atoms with Crippen LogP contribution in [0.15, 0.2) is 36.5 Å². The van der Waals surface area contributed by atoms with Gasteiger partial charge >= 0.3 is 0 Å². The molecule has 4 heteroatoms. The van der Waals surface area contributed by atoms with E-state index in [1.165, 1.54) is 0 Å². The molecule has 1 heterocycles. The fraction of sp³-hybridized carbons (Fsp3) is 0.286. The maximum atomic E-state index is 13.5. The monoisotopic (exact) mass is 245 g/mol. The van der Waals surface area contributed by atoms with Crippen molar-refractivity contribution >= 4 is 0 Å². The Bertz CT molecular complexity index is 514. The number of rotatable bonds is 4. The average molecular weight is 245 g/mol. The molecule has 1 atom stereocenters. The fourth-order valence-corrected chi connectivity index (χ4v) is 1.68. The van der Waals surface area contributed by atoms with Crippen molar-refractivity contribution in [1.82, 2.24) is 15.5 Å². The van der Waals surface area contributed by atoms with Crippen LogP contribution in [-0.4, -0.2) is 10.2 Å². The Labute approximate surface area is 106 Å². The zero-order valence-electron chi connectivity index (χ0n) is 10.5. The molecule has 2 aromatic rings. The molecule has 0 amide bonds. The van der Waals surface area contributed by atoms with Crippen molar-refractivity contribution < 1.29 is 4.39 Å². The molecule has 1 N–H and O–H groups in total. The number of aromatic nitrogens is 2. The van der Waals surface area contributed by atoms with Gasteiger partial charge in [-0.25, -0.2) is 4.39 Å². The zero-order chi connectivity index (χ0) is 13.0. The van der Waals surface area contributed by atoms with E-state index in [1.807, 2.05) is 25.1 Å². The second-order valence-electron chi connectivity index (χ2n) is 4.33. The second-order valence-corrected chi connectivity index (χ2v) is 4.33. The maximum absolute atomic E-state index is 13.5. The van der Waals surface area contributed by atoms with Crippen LogP contribution in [-0.2, 0) is 6.54 Å². The van der Waals surface area contributed by atoms with Crippen molar-refractivity contribution in [3.05, 3.63) is 59.2 Å². The number of nitrogens with one attached hydrogen (secondary N) is 1. The van der Waals surface area contributed by atoms with Crippen molar-refractivity contribution in [2.75, 3.05) is 0 Å². The lowest BCUT2D eigenvalue weighted by molar-refractivity contribution is 0.555. The Kier molecular flexibility index (Phi) is 3.99. The first-order chi connectivity index (χ1) is 8.66. The van der Waals surface area contributed by atoms with Crippen LogP contribution in [0.25, 0.3) is 0 Å². The van der Waals surface area contributed by atoms with E-state index in [0.29, 0.717) is 12.1 Å². The van der Waals surface area contributed by atoms with E-state index in [2.05, 4.69) is 15.5 Å². The lowest BCUT2D eigenvalue weighted by Crippen LogP contribution is -2.19. The molecule has 0 saturated heterocycles. The van der Waals surface area contributed by atoms with Crippen molar-refractivity contribution in [3.8, 4) is 0 Å². The first-order valence-corrected chi connectivity index (χ1v) is 5.93. The Hall–Kier alpha value is -1.81. The number of aryl methyl sites for hydroxylation is 1. The normalized spacial score (nSPS) is 12.4. The third-order valence-electron chi connectivity index (χ3n) is 2.91. The van der Waals surface area contributed by atoms with E-state index >= 15 is 0 Å². The number of hydrogen-bond donors (Lipinski definition) is 1. The summed E-state index contributed by atoms with van der Waals surface area (Å²) in [7, 11) is 0. The van der Waals surface area contributed by atoms with Crippen LogP contribution < -0.4 is 5.32 Å². The number of benzene rings is 1. The quantitative estimate of drug-likeness (QED) is 0.900. The van der Waals surface area contributed by atoms with E-state index < -0.39 is 0 Å². The van der Waals surface area contributed by atoms with Gasteiger partial charge < -0.3 is 5.32 Å². The standard InChI is InChI=1S/C14H16FN3/c1-10-5-6-12(8-14(10)15)11(2)16-9-13-4-3-7-17-18-13/h3-8,11,16H,9H2,1-2H3. The smallest absolute Gasteiger partial charge is 0.126 e. The lowest BCUT2D eigenvalue weighted by atomic mass is 10.1. The molecule has 2 rings (SSSR count). The van der Waals surface area contributed by atoms with E-state index in [0.717, 1.165) is 11.3 Å². The van der Waals surface area contributed by atoms with Crippen LogP contribution in [0, 0.1) is 12.7 Å². The largest absolute Gasteiger partial charge is 0.304 e. The highest BCUT2D eigenvalue weighted by molar-refractivity contribution is 5.25. The minimum Gasteiger partial charge on any atom is -0.304 e. The first-order valence-electron chi connectivity index (χ1n) is 5.93.